The molecule has 1 aromatic carbocycles. The third-order valence-corrected chi connectivity index (χ3v) is 7.13. The summed E-state index contributed by atoms with van der Waals surface area (Å²) in [4.78, 5) is 4.62. The maximum Gasteiger partial charge on any atom is 0.244 e. The van der Waals surface area contributed by atoms with E-state index in [2.05, 4.69) is 22.4 Å². The minimum atomic E-state index is -3.41. The number of nitrogens with one attached hydrogen (secondary N) is 1. The molecular weight excluding hydrogens is 362 g/mol. The molecule has 2 fully saturated rings. The van der Waals surface area contributed by atoms with Crippen molar-refractivity contribution in [1.29, 1.82) is 0 Å². The summed E-state index contributed by atoms with van der Waals surface area (Å²) in [6.07, 6.45) is 5.16. The van der Waals surface area contributed by atoms with Gasteiger partial charge in [-0.2, -0.15) is 4.31 Å². The van der Waals surface area contributed by atoms with Gasteiger partial charge in [-0.15, -0.1) is 0 Å². The van der Waals surface area contributed by atoms with Crippen LogP contribution in [0, 0.1) is 0 Å². The van der Waals surface area contributed by atoms with Gasteiger partial charge in [0.15, 0.2) is 0 Å². The molecule has 27 heavy (non-hydrogen) atoms. The number of ether oxygens (including phenoxy) is 1. The van der Waals surface area contributed by atoms with E-state index in [4.69, 9.17) is 4.74 Å². The Bertz CT molecular complexity index is 850. The average molecular weight is 388 g/mol. The molecule has 2 saturated heterocycles. The molecule has 1 N–H and O–H groups in total. The van der Waals surface area contributed by atoms with Crippen LogP contribution in [0.3, 0.4) is 0 Å². The Morgan fingerprint density at radius 3 is 2.56 bits per heavy atom. The van der Waals surface area contributed by atoms with E-state index in [1.54, 1.807) is 16.4 Å². The molecule has 0 radical (unpaired) electrons. The van der Waals surface area contributed by atoms with Crippen LogP contribution in [0.2, 0.25) is 0 Å². The van der Waals surface area contributed by atoms with Crippen molar-refractivity contribution in [3.05, 3.63) is 54.2 Å². The fraction of sp³-hybridized carbons (Fsp3) is 0.450. The summed E-state index contributed by atoms with van der Waals surface area (Å²) in [7, 11) is -3.41. The second-order valence-electron chi connectivity index (χ2n) is 7.13. The van der Waals surface area contributed by atoms with E-state index in [1.165, 1.54) is 11.8 Å². The van der Waals surface area contributed by atoms with Crippen molar-refractivity contribution in [2.45, 2.75) is 42.7 Å². The van der Waals surface area contributed by atoms with Crippen LogP contribution in [-0.4, -0.2) is 43.4 Å². The minimum Gasteiger partial charge on any atom is -0.373 e. The van der Waals surface area contributed by atoms with Crippen molar-refractivity contribution >= 4 is 15.8 Å². The predicted molar refractivity (Wildman–Crippen MR) is 104 cm³/mol. The number of rotatable bonds is 5. The van der Waals surface area contributed by atoms with Gasteiger partial charge in [0.25, 0.3) is 0 Å². The van der Waals surface area contributed by atoms with Crippen molar-refractivity contribution in [2.75, 3.05) is 25.0 Å². The van der Waals surface area contributed by atoms with E-state index in [1.807, 2.05) is 18.2 Å². The Balaban J connectivity index is 1.41. The quantitative estimate of drug-likeness (QED) is 0.853. The molecule has 2 aliphatic rings. The maximum absolute atomic E-state index is 12.6. The predicted octanol–water partition coefficient (Wildman–Crippen LogP) is 3.20. The topological polar surface area (TPSA) is 71.5 Å². The summed E-state index contributed by atoms with van der Waals surface area (Å²) < 4.78 is 32.6. The van der Waals surface area contributed by atoms with Crippen LogP contribution in [0.1, 0.15) is 37.4 Å². The Morgan fingerprint density at radius 2 is 1.85 bits per heavy atom. The molecule has 0 amide bonds. The first-order valence-corrected chi connectivity index (χ1v) is 11.0. The largest absolute Gasteiger partial charge is 0.373 e. The number of benzene rings is 1. The number of pyridine rings is 1. The molecule has 7 heteroatoms. The number of sulfonamides is 1. The molecular formula is C20H25N3O3S. The van der Waals surface area contributed by atoms with Gasteiger partial charge in [-0.25, -0.2) is 13.4 Å². The summed E-state index contributed by atoms with van der Waals surface area (Å²) >= 11 is 0. The highest BCUT2D eigenvalue weighted by molar-refractivity contribution is 7.89. The second kappa shape index (κ2) is 7.96. The monoisotopic (exact) mass is 387 g/mol. The van der Waals surface area contributed by atoms with Gasteiger partial charge in [0, 0.05) is 31.9 Å². The SMILES string of the molecule is O=S(=O)(c1ccc(NC2CCOC(c3ccccc3)C2)nc1)N1CCCC1. The number of hydrogen-bond acceptors (Lipinski definition) is 5. The average Bonchev–Trinajstić information content (AvgIpc) is 3.25. The Labute approximate surface area is 160 Å². The molecule has 2 unspecified atom stereocenters. The molecule has 0 aliphatic carbocycles. The lowest BCUT2D eigenvalue weighted by atomic mass is 9.97. The van der Waals surface area contributed by atoms with Crippen LogP contribution in [0.25, 0.3) is 0 Å². The summed E-state index contributed by atoms with van der Waals surface area (Å²) in [5.41, 5.74) is 1.18. The zero-order valence-electron chi connectivity index (χ0n) is 15.3. The lowest BCUT2D eigenvalue weighted by Gasteiger charge is -2.30. The molecule has 3 heterocycles. The highest BCUT2D eigenvalue weighted by atomic mass is 32.2. The van der Waals surface area contributed by atoms with Crippen LogP contribution < -0.4 is 5.32 Å². The molecule has 6 nitrogen and oxygen atoms in total. The van der Waals surface area contributed by atoms with Gasteiger partial charge in [0.05, 0.1) is 6.10 Å². The third kappa shape index (κ3) is 4.15. The van der Waals surface area contributed by atoms with Crippen molar-refractivity contribution in [2.24, 2.45) is 0 Å². The van der Waals surface area contributed by atoms with Crippen LogP contribution in [0.4, 0.5) is 5.82 Å². The molecule has 0 bridgehead atoms. The van der Waals surface area contributed by atoms with Gasteiger partial charge < -0.3 is 10.1 Å². The number of anilines is 1. The first-order chi connectivity index (χ1) is 13.1. The molecule has 0 spiro atoms. The first-order valence-electron chi connectivity index (χ1n) is 9.52. The smallest absolute Gasteiger partial charge is 0.244 e. The van der Waals surface area contributed by atoms with Crippen molar-refractivity contribution < 1.29 is 13.2 Å². The fourth-order valence-electron chi connectivity index (χ4n) is 3.73. The first kappa shape index (κ1) is 18.4. The molecule has 2 aromatic rings. The van der Waals surface area contributed by atoms with Crippen LogP contribution in [-0.2, 0) is 14.8 Å². The highest BCUT2D eigenvalue weighted by Gasteiger charge is 2.28. The van der Waals surface area contributed by atoms with Gasteiger partial charge in [-0.1, -0.05) is 30.3 Å². The highest BCUT2D eigenvalue weighted by Crippen LogP contribution is 2.29. The van der Waals surface area contributed by atoms with Crippen molar-refractivity contribution in [1.82, 2.24) is 9.29 Å². The summed E-state index contributed by atoms with van der Waals surface area (Å²) in [5, 5.41) is 3.43. The van der Waals surface area contributed by atoms with Crippen LogP contribution in [0.15, 0.2) is 53.6 Å². The number of aromatic nitrogens is 1. The number of hydrogen-bond donors (Lipinski definition) is 1. The molecule has 2 aliphatic heterocycles. The normalized spacial score (nSPS) is 24.0. The summed E-state index contributed by atoms with van der Waals surface area (Å²) in [6.45, 7) is 1.90. The standard InChI is InChI=1S/C20H25N3O3S/c24-27(25,23-11-4-5-12-23)18-8-9-20(21-15-18)22-17-10-13-26-19(14-17)16-6-2-1-3-7-16/h1-3,6-9,15,17,19H,4-5,10-14H2,(H,21,22). The van der Waals surface area contributed by atoms with E-state index in [9.17, 15) is 8.42 Å². The lowest BCUT2D eigenvalue weighted by Crippen LogP contribution is -2.30. The van der Waals surface area contributed by atoms with Gasteiger partial charge in [-0.3, -0.25) is 0 Å². The van der Waals surface area contributed by atoms with E-state index < -0.39 is 10.0 Å². The van der Waals surface area contributed by atoms with Gasteiger partial charge in [0.2, 0.25) is 10.0 Å². The molecule has 0 saturated carbocycles. The van der Waals surface area contributed by atoms with Crippen molar-refractivity contribution in [3.63, 3.8) is 0 Å². The Hall–Kier alpha value is -1.96. The lowest BCUT2D eigenvalue weighted by molar-refractivity contribution is 0.00974. The molecule has 2 atom stereocenters. The van der Waals surface area contributed by atoms with E-state index in [0.717, 1.165) is 25.7 Å². The third-order valence-electron chi connectivity index (χ3n) is 5.25. The van der Waals surface area contributed by atoms with E-state index in [0.29, 0.717) is 25.5 Å². The molecule has 144 valence electrons. The zero-order chi connectivity index (χ0) is 18.7. The zero-order valence-corrected chi connectivity index (χ0v) is 16.1. The van der Waals surface area contributed by atoms with Crippen molar-refractivity contribution in [3.8, 4) is 0 Å². The number of nitrogens with zero attached hydrogens (tertiary/aromatic N) is 2. The Morgan fingerprint density at radius 1 is 1.07 bits per heavy atom. The molecule has 1 aromatic heterocycles. The minimum absolute atomic E-state index is 0.0762. The fourth-order valence-corrected chi connectivity index (χ4v) is 5.20. The van der Waals surface area contributed by atoms with Gasteiger partial charge in [-0.05, 0) is 43.4 Å². The Kier molecular flexibility index (Phi) is 5.43. The van der Waals surface area contributed by atoms with Crippen LogP contribution >= 0.6 is 0 Å². The summed E-state index contributed by atoms with van der Waals surface area (Å²) in [6, 6.07) is 13.9. The summed E-state index contributed by atoms with van der Waals surface area (Å²) in [5.74, 6) is 0.703. The maximum atomic E-state index is 12.6. The van der Waals surface area contributed by atoms with Crippen LogP contribution in [0.5, 0.6) is 0 Å². The van der Waals surface area contributed by atoms with Gasteiger partial charge in [0.1, 0.15) is 10.7 Å². The second-order valence-corrected chi connectivity index (χ2v) is 9.06. The van der Waals surface area contributed by atoms with E-state index in [-0.39, 0.29) is 17.0 Å². The van der Waals surface area contributed by atoms with Gasteiger partial charge >= 0.3 is 0 Å². The molecule has 4 rings (SSSR count). The van der Waals surface area contributed by atoms with E-state index >= 15 is 0 Å².